The van der Waals surface area contributed by atoms with E-state index in [1.807, 2.05) is 0 Å². The fraction of sp³-hybridized carbons (Fsp3) is 0.583. The largest absolute Gasteiger partial charge is 0.260 e. The molecule has 0 aromatic rings. The SMILES string of the molecule is C1=CCC2SC3CCCCC3=NC2=C1. The van der Waals surface area contributed by atoms with Crippen LogP contribution in [0.15, 0.2) is 28.9 Å². The summed E-state index contributed by atoms with van der Waals surface area (Å²) in [5.74, 6) is 0. The van der Waals surface area contributed by atoms with Gasteiger partial charge in [0.1, 0.15) is 0 Å². The van der Waals surface area contributed by atoms with Gasteiger partial charge in [-0.2, -0.15) is 0 Å². The monoisotopic (exact) mass is 205 g/mol. The molecule has 1 saturated carbocycles. The molecule has 1 fully saturated rings. The average Bonchev–Trinajstić information content (AvgIpc) is 2.26. The number of rotatable bonds is 0. The Balaban J connectivity index is 1.92. The quantitative estimate of drug-likeness (QED) is 0.591. The minimum atomic E-state index is 0.659. The molecule has 2 atom stereocenters. The van der Waals surface area contributed by atoms with Gasteiger partial charge in [0.25, 0.3) is 0 Å². The molecule has 0 bridgehead atoms. The second-order valence-electron chi connectivity index (χ2n) is 4.22. The first kappa shape index (κ1) is 8.78. The van der Waals surface area contributed by atoms with Crippen LogP contribution >= 0.6 is 11.8 Å². The van der Waals surface area contributed by atoms with E-state index < -0.39 is 0 Å². The molecule has 0 spiro atoms. The zero-order valence-corrected chi connectivity index (χ0v) is 9.09. The van der Waals surface area contributed by atoms with Gasteiger partial charge in [-0.1, -0.05) is 18.6 Å². The van der Waals surface area contributed by atoms with Crippen LogP contribution in [0.4, 0.5) is 0 Å². The molecular weight excluding hydrogens is 190 g/mol. The molecule has 3 rings (SSSR count). The maximum absolute atomic E-state index is 4.83. The van der Waals surface area contributed by atoms with E-state index in [9.17, 15) is 0 Å². The van der Waals surface area contributed by atoms with Gasteiger partial charge in [0.05, 0.1) is 10.9 Å². The van der Waals surface area contributed by atoms with Crippen LogP contribution in [0, 0.1) is 0 Å². The van der Waals surface area contributed by atoms with Gasteiger partial charge in [0.15, 0.2) is 0 Å². The Labute approximate surface area is 89.4 Å². The smallest absolute Gasteiger partial charge is 0.0536 e. The van der Waals surface area contributed by atoms with Gasteiger partial charge in [0.2, 0.25) is 0 Å². The Hall–Kier alpha value is -0.500. The van der Waals surface area contributed by atoms with Crippen molar-refractivity contribution in [2.45, 2.75) is 42.6 Å². The Bertz CT molecular complexity index is 327. The Kier molecular flexibility index (Phi) is 2.24. The average molecular weight is 205 g/mol. The standard InChI is InChI=1S/C12H15NS/c1-3-7-11-9(5-1)13-10-6-2-4-8-12(10)14-11/h1,3,5,11-12H,2,4,6-8H2. The first-order valence-electron chi connectivity index (χ1n) is 5.53. The molecule has 0 N–H and O–H groups in total. The Morgan fingerprint density at radius 1 is 1.29 bits per heavy atom. The molecule has 2 heteroatoms. The molecule has 3 aliphatic rings. The maximum Gasteiger partial charge on any atom is 0.0536 e. The molecule has 0 aromatic heterocycles. The van der Waals surface area contributed by atoms with E-state index in [-0.39, 0.29) is 0 Å². The van der Waals surface area contributed by atoms with Crippen LogP contribution in [-0.2, 0) is 0 Å². The number of hydrogen-bond donors (Lipinski definition) is 0. The summed E-state index contributed by atoms with van der Waals surface area (Å²) in [6, 6.07) is 0. The molecule has 0 saturated heterocycles. The van der Waals surface area contributed by atoms with E-state index in [1.54, 1.807) is 0 Å². The van der Waals surface area contributed by atoms with Gasteiger partial charge < -0.3 is 0 Å². The van der Waals surface area contributed by atoms with Gasteiger partial charge in [-0.15, -0.1) is 11.8 Å². The molecule has 1 nitrogen and oxygen atoms in total. The molecule has 1 heterocycles. The molecular formula is C12H15NS. The van der Waals surface area contributed by atoms with E-state index >= 15 is 0 Å². The van der Waals surface area contributed by atoms with Crippen molar-refractivity contribution in [3.8, 4) is 0 Å². The lowest BCUT2D eigenvalue weighted by Gasteiger charge is -2.33. The third kappa shape index (κ3) is 1.46. The van der Waals surface area contributed by atoms with Crippen LogP contribution in [-0.4, -0.2) is 16.2 Å². The minimum absolute atomic E-state index is 0.659. The lowest BCUT2D eigenvalue weighted by Crippen LogP contribution is -2.30. The molecule has 74 valence electrons. The van der Waals surface area contributed by atoms with E-state index in [0.717, 1.165) is 5.25 Å². The summed E-state index contributed by atoms with van der Waals surface area (Å²) in [6.45, 7) is 0. The van der Waals surface area contributed by atoms with Crippen molar-refractivity contribution in [2.75, 3.05) is 0 Å². The normalized spacial score (nSPS) is 35.4. The van der Waals surface area contributed by atoms with Crippen LogP contribution in [0.1, 0.15) is 32.1 Å². The Morgan fingerprint density at radius 2 is 2.29 bits per heavy atom. The van der Waals surface area contributed by atoms with Crippen LogP contribution in [0.25, 0.3) is 0 Å². The predicted molar refractivity (Wildman–Crippen MR) is 62.9 cm³/mol. The van der Waals surface area contributed by atoms with Crippen molar-refractivity contribution in [3.63, 3.8) is 0 Å². The lowest BCUT2D eigenvalue weighted by atomic mass is 9.97. The van der Waals surface area contributed by atoms with Crippen molar-refractivity contribution in [1.29, 1.82) is 0 Å². The zero-order chi connectivity index (χ0) is 9.38. The highest BCUT2D eigenvalue weighted by Gasteiger charge is 2.30. The fourth-order valence-electron chi connectivity index (χ4n) is 2.43. The summed E-state index contributed by atoms with van der Waals surface area (Å²) >= 11 is 2.15. The van der Waals surface area contributed by atoms with Crippen molar-refractivity contribution < 1.29 is 0 Å². The summed E-state index contributed by atoms with van der Waals surface area (Å²) in [5, 5.41) is 1.41. The Morgan fingerprint density at radius 3 is 3.29 bits per heavy atom. The number of allylic oxidation sites excluding steroid dienone is 3. The molecule has 1 aliphatic heterocycles. The van der Waals surface area contributed by atoms with E-state index in [0.29, 0.717) is 5.25 Å². The molecule has 0 radical (unpaired) electrons. The van der Waals surface area contributed by atoms with Gasteiger partial charge in [-0.05, 0) is 31.8 Å². The highest BCUT2D eigenvalue weighted by molar-refractivity contribution is 8.01. The summed E-state index contributed by atoms with van der Waals surface area (Å²) in [6.07, 6.45) is 13.2. The van der Waals surface area contributed by atoms with Gasteiger partial charge in [0, 0.05) is 11.0 Å². The number of thioether (sulfide) groups is 1. The number of hydrogen-bond acceptors (Lipinski definition) is 2. The summed E-state index contributed by atoms with van der Waals surface area (Å²) in [7, 11) is 0. The fourth-order valence-corrected chi connectivity index (χ4v) is 3.95. The van der Waals surface area contributed by atoms with Gasteiger partial charge in [-0.25, -0.2) is 0 Å². The third-order valence-electron chi connectivity index (χ3n) is 3.21. The molecule has 0 amide bonds. The van der Waals surface area contributed by atoms with E-state index in [1.165, 1.54) is 43.5 Å². The van der Waals surface area contributed by atoms with Crippen LogP contribution < -0.4 is 0 Å². The summed E-state index contributed by atoms with van der Waals surface area (Å²) in [4.78, 5) is 4.83. The topological polar surface area (TPSA) is 12.4 Å². The van der Waals surface area contributed by atoms with E-state index in [4.69, 9.17) is 4.99 Å². The number of nitrogens with zero attached hydrogens (tertiary/aromatic N) is 1. The van der Waals surface area contributed by atoms with Gasteiger partial charge in [-0.3, -0.25) is 4.99 Å². The number of aliphatic imine (C=N–C) groups is 1. The molecule has 2 unspecified atom stereocenters. The van der Waals surface area contributed by atoms with Crippen LogP contribution in [0.5, 0.6) is 0 Å². The van der Waals surface area contributed by atoms with Gasteiger partial charge >= 0.3 is 0 Å². The first-order valence-corrected chi connectivity index (χ1v) is 6.47. The molecule has 2 aliphatic carbocycles. The molecule has 0 aromatic carbocycles. The maximum atomic E-state index is 4.83. The zero-order valence-electron chi connectivity index (χ0n) is 8.28. The van der Waals surface area contributed by atoms with Crippen molar-refractivity contribution in [1.82, 2.24) is 0 Å². The third-order valence-corrected chi connectivity index (χ3v) is 4.80. The van der Waals surface area contributed by atoms with Crippen molar-refractivity contribution in [3.05, 3.63) is 23.9 Å². The summed E-state index contributed by atoms with van der Waals surface area (Å²) in [5.41, 5.74) is 2.80. The highest BCUT2D eigenvalue weighted by atomic mass is 32.2. The number of fused-ring (bicyclic) bond motifs is 2. The van der Waals surface area contributed by atoms with E-state index in [2.05, 4.69) is 30.0 Å². The second-order valence-corrected chi connectivity index (χ2v) is 5.63. The van der Waals surface area contributed by atoms with Crippen molar-refractivity contribution >= 4 is 17.5 Å². The first-order chi connectivity index (χ1) is 6.93. The highest BCUT2D eigenvalue weighted by Crippen LogP contribution is 2.40. The summed E-state index contributed by atoms with van der Waals surface area (Å²) < 4.78 is 0. The minimum Gasteiger partial charge on any atom is -0.260 e. The molecule has 14 heavy (non-hydrogen) atoms. The van der Waals surface area contributed by atoms with Crippen molar-refractivity contribution in [2.24, 2.45) is 4.99 Å². The van der Waals surface area contributed by atoms with Crippen LogP contribution in [0.2, 0.25) is 0 Å². The lowest BCUT2D eigenvalue weighted by molar-refractivity contribution is 0.667. The second kappa shape index (κ2) is 3.58. The van der Waals surface area contributed by atoms with Crippen LogP contribution in [0.3, 0.4) is 0 Å². The predicted octanol–water partition coefficient (Wildman–Crippen LogP) is 3.33.